The summed E-state index contributed by atoms with van der Waals surface area (Å²) >= 11 is 0. The fourth-order valence-electron chi connectivity index (χ4n) is 2.66. The van der Waals surface area contributed by atoms with Crippen LogP contribution in [-0.4, -0.2) is 26.0 Å². The third kappa shape index (κ3) is 1.87. The van der Waals surface area contributed by atoms with Gasteiger partial charge in [-0.3, -0.25) is 4.79 Å². The molecule has 0 saturated carbocycles. The topological polar surface area (TPSA) is 75.3 Å². The summed E-state index contributed by atoms with van der Waals surface area (Å²) in [5.41, 5.74) is 2.18. The number of aryl methyl sites for hydroxylation is 1. The van der Waals surface area contributed by atoms with E-state index in [1.54, 1.807) is 35.1 Å². The van der Waals surface area contributed by atoms with Crippen LogP contribution in [0.1, 0.15) is 30.0 Å². The van der Waals surface area contributed by atoms with Crippen LogP contribution >= 0.6 is 0 Å². The summed E-state index contributed by atoms with van der Waals surface area (Å²) < 4.78 is 1.56. The Bertz CT molecular complexity index is 633. The van der Waals surface area contributed by atoms with Crippen LogP contribution in [-0.2, 0) is 11.2 Å². The second-order valence-electron chi connectivity index (χ2n) is 4.74. The number of fused-ring (bicyclic) bond motifs is 1. The van der Waals surface area contributed by atoms with Crippen molar-refractivity contribution in [1.82, 2.24) is 9.78 Å². The number of carboxylic acid groups (broad SMARTS) is 1. The quantitative estimate of drug-likeness (QED) is 0.864. The van der Waals surface area contributed by atoms with E-state index in [0.29, 0.717) is 17.8 Å². The molecule has 0 aliphatic heterocycles. The van der Waals surface area contributed by atoms with Gasteiger partial charge in [0.15, 0.2) is 0 Å². The van der Waals surface area contributed by atoms with Gasteiger partial charge in [0.25, 0.3) is 0 Å². The zero-order chi connectivity index (χ0) is 13.4. The molecule has 1 aliphatic carbocycles. The summed E-state index contributed by atoms with van der Waals surface area (Å²) in [6.45, 7) is 0. The Balaban J connectivity index is 2.17. The first-order valence-electron chi connectivity index (χ1n) is 6.26. The minimum atomic E-state index is -0.835. The zero-order valence-electron chi connectivity index (χ0n) is 10.3. The largest absolute Gasteiger partial charge is 0.506 e. The molecule has 0 fully saturated rings. The lowest BCUT2D eigenvalue weighted by atomic mass is 9.88. The number of phenolic OH excluding ortho intramolecular Hbond substituents is 1. The average molecular weight is 258 g/mol. The first kappa shape index (κ1) is 11.8. The molecule has 2 N–H and O–H groups in total. The van der Waals surface area contributed by atoms with Gasteiger partial charge < -0.3 is 10.2 Å². The van der Waals surface area contributed by atoms with E-state index in [2.05, 4.69) is 5.10 Å². The highest BCUT2D eigenvalue weighted by Crippen LogP contribution is 2.34. The summed E-state index contributed by atoms with van der Waals surface area (Å²) in [5, 5.41) is 23.5. The van der Waals surface area contributed by atoms with Crippen LogP contribution in [0.25, 0.3) is 5.69 Å². The monoisotopic (exact) mass is 258 g/mol. The SMILES string of the molecule is O=C(O)C1CCCc2cnn(-c3ccccc3O)c21. The maximum atomic E-state index is 11.4. The molecular formula is C14H14N2O3. The molecule has 0 spiro atoms. The van der Waals surface area contributed by atoms with Gasteiger partial charge in [-0.25, -0.2) is 4.68 Å². The van der Waals surface area contributed by atoms with Crippen molar-refractivity contribution in [2.75, 3.05) is 0 Å². The predicted octanol–water partition coefficient (Wildman–Crippen LogP) is 2.08. The molecular weight excluding hydrogens is 244 g/mol. The van der Waals surface area contributed by atoms with Gasteiger partial charge in [-0.1, -0.05) is 12.1 Å². The number of hydrogen-bond donors (Lipinski definition) is 2. The van der Waals surface area contributed by atoms with Crippen molar-refractivity contribution in [2.24, 2.45) is 0 Å². The molecule has 1 atom stereocenters. The molecule has 5 nitrogen and oxygen atoms in total. The first-order valence-corrected chi connectivity index (χ1v) is 6.26. The minimum Gasteiger partial charge on any atom is -0.506 e. The van der Waals surface area contributed by atoms with Crippen molar-refractivity contribution in [2.45, 2.75) is 25.2 Å². The summed E-state index contributed by atoms with van der Waals surface area (Å²) in [4.78, 5) is 11.4. The predicted molar refractivity (Wildman–Crippen MR) is 68.5 cm³/mol. The number of benzene rings is 1. The lowest BCUT2D eigenvalue weighted by molar-refractivity contribution is -0.139. The van der Waals surface area contributed by atoms with Crippen LogP contribution < -0.4 is 0 Å². The van der Waals surface area contributed by atoms with Crippen molar-refractivity contribution in [3.8, 4) is 11.4 Å². The van der Waals surface area contributed by atoms with E-state index in [9.17, 15) is 15.0 Å². The van der Waals surface area contributed by atoms with Gasteiger partial charge in [0.1, 0.15) is 11.4 Å². The van der Waals surface area contributed by atoms with Gasteiger partial charge in [0, 0.05) is 0 Å². The normalized spacial score (nSPS) is 18.0. The van der Waals surface area contributed by atoms with Crippen LogP contribution in [0.4, 0.5) is 0 Å². The zero-order valence-corrected chi connectivity index (χ0v) is 10.3. The van der Waals surface area contributed by atoms with Gasteiger partial charge in [-0.2, -0.15) is 5.10 Å². The Morgan fingerprint density at radius 1 is 1.37 bits per heavy atom. The van der Waals surface area contributed by atoms with E-state index in [4.69, 9.17) is 0 Å². The summed E-state index contributed by atoms with van der Waals surface area (Å²) in [6, 6.07) is 6.82. The molecule has 5 heteroatoms. The van der Waals surface area contributed by atoms with Crippen LogP contribution in [0.3, 0.4) is 0 Å². The van der Waals surface area contributed by atoms with Crippen LogP contribution in [0, 0.1) is 0 Å². The molecule has 3 rings (SSSR count). The van der Waals surface area contributed by atoms with Gasteiger partial charge in [-0.05, 0) is 37.0 Å². The Labute approximate surface area is 110 Å². The minimum absolute atomic E-state index is 0.100. The van der Waals surface area contributed by atoms with Crippen LogP contribution in [0.2, 0.25) is 0 Å². The highest BCUT2D eigenvalue weighted by molar-refractivity contribution is 5.76. The summed E-state index contributed by atoms with van der Waals surface area (Å²) in [7, 11) is 0. The third-order valence-corrected chi connectivity index (χ3v) is 3.56. The van der Waals surface area contributed by atoms with Crippen molar-refractivity contribution < 1.29 is 15.0 Å². The van der Waals surface area contributed by atoms with Gasteiger partial charge in [-0.15, -0.1) is 0 Å². The van der Waals surface area contributed by atoms with Gasteiger partial charge in [0.05, 0.1) is 17.8 Å². The molecule has 1 aromatic heterocycles. The Morgan fingerprint density at radius 2 is 2.16 bits per heavy atom. The lowest BCUT2D eigenvalue weighted by Gasteiger charge is -2.21. The fraction of sp³-hybridized carbons (Fsp3) is 0.286. The van der Waals surface area contributed by atoms with Crippen molar-refractivity contribution in [3.05, 3.63) is 41.7 Å². The number of phenols is 1. The number of para-hydroxylation sites is 2. The van der Waals surface area contributed by atoms with E-state index < -0.39 is 11.9 Å². The lowest BCUT2D eigenvalue weighted by Crippen LogP contribution is -2.20. The number of aromatic hydroxyl groups is 1. The number of aliphatic carboxylic acids is 1. The molecule has 1 unspecified atom stereocenters. The fourth-order valence-corrected chi connectivity index (χ4v) is 2.66. The molecule has 98 valence electrons. The molecule has 1 aromatic carbocycles. The maximum Gasteiger partial charge on any atom is 0.312 e. The average Bonchev–Trinajstić information content (AvgIpc) is 2.82. The van der Waals surface area contributed by atoms with Gasteiger partial charge in [0.2, 0.25) is 0 Å². The van der Waals surface area contributed by atoms with Crippen molar-refractivity contribution in [3.63, 3.8) is 0 Å². The van der Waals surface area contributed by atoms with Crippen LogP contribution in [0.15, 0.2) is 30.5 Å². The Kier molecular flexibility index (Phi) is 2.74. The van der Waals surface area contributed by atoms with Crippen LogP contribution in [0.5, 0.6) is 5.75 Å². The Hall–Kier alpha value is -2.30. The smallest absolute Gasteiger partial charge is 0.312 e. The standard InChI is InChI=1S/C14H14N2O3/c17-12-7-2-1-6-11(12)16-13-9(8-15-16)4-3-5-10(13)14(18)19/h1-2,6-8,10,17H,3-5H2,(H,18,19). The molecule has 1 aliphatic rings. The van der Waals surface area contributed by atoms with E-state index in [1.165, 1.54) is 0 Å². The maximum absolute atomic E-state index is 11.4. The van der Waals surface area contributed by atoms with E-state index in [-0.39, 0.29) is 5.75 Å². The molecule has 2 aromatic rings. The number of nitrogens with zero attached hydrogens (tertiary/aromatic N) is 2. The van der Waals surface area contributed by atoms with E-state index in [0.717, 1.165) is 18.4 Å². The highest BCUT2D eigenvalue weighted by Gasteiger charge is 2.31. The number of hydrogen-bond acceptors (Lipinski definition) is 3. The number of carboxylic acids is 1. The number of aromatic nitrogens is 2. The van der Waals surface area contributed by atoms with E-state index >= 15 is 0 Å². The van der Waals surface area contributed by atoms with E-state index in [1.807, 2.05) is 0 Å². The third-order valence-electron chi connectivity index (χ3n) is 3.56. The van der Waals surface area contributed by atoms with Crippen molar-refractivity contribution >= 4 is 5.97 Å². The van der Waals surface area contributed by atoms with Gasteiger partial charge >= 0.3 is 5.97 Å². The second-order valence-corrected chi connectivity index (χ2v) is 4.74. The van der Waals surface area contributed by atoms with Crippen molar-refractivity contribution in [1.29, 1.82) is 0 Å². The summed E-state index contributed by atoms with van der Waals surface area (Å²) in [6.07, 6.45) is 4.02. The molecule has 1 heterocycles. The molecule has 0 amide bonds. The molecule has 0 radical (unpaired) electrons. The first-order chi connectivity index (χ1) is 9.18. The molecule has 19 heavy (non-hydrogen) atoms. The molecule has 0 saturated heterocycles. The highest BCUT2D eigenvalue weighted by atomic mass is 16.4. The number of carbonyl (C=O) groups is 1. The number of rotatable bonds is 2. The second kappa shape index (κ2) is 4.42. The summed E-state index contributed by atoms with van der Waals surface area (Å²) in [5.74, 6) is -1.29. The molecule has 0 bridgehead atoms. The Morgan fingerprint density at radius 3 is 2.89 bits per heavy atom.